The molecular weight excluding hydrogens is 524 g/mol. The number of hydrogen-bond acceptors (Lipinski definition) is 6. The Kier molecular flexibility index (Phi) is 6.60. The highest BCUT2D eigenvalue weighted by molar-refractivity contribution is 7.92. The van der Waals surface area contributed by atoms with Gasteiger partial charge in [-0.25, -0.2) is 9.97 Å². The van der Waals surface area contributed by atoms with Crippen LogP contribution < -0.4 is 9.46 Å². The van der Waals surface area contributed by atoms with Crippen LogP contribution in [0.4, 0.5) is 5.82 Å². The summed E-state index contributed by atoms with van der Waals surface area (Å²) in [4.78, 5) is 25.1. The molecule has 8 nitrogen and oxygen atoms in total. The van der Waals surface area contributed by atoms with Crippen molar-refractivity contribution in [2.75, 3.05) is 11.3 Å². The number of sulfonamides is 1. The fourth-order valence-electron chi connectivity index (χ4n) is 6.34. The number of carbonyl (C=O) groups excluding carboxylic acids is 1. The molecule has 3 aromatic rings. The van der Waals surface area contributed by atoms with Crippen LogP contribution in [0, 0.1) is 25.2 Å². The number of carbonyl (C=O) groups is 1. The molecule has 2 fully saturated rings. The van der Waals surface area contributed by atoms with E-state index in [4.69, 9.17) is 4.74 Å². The number of benzene rings is 1. The van der Waals surface area contributed by atoms with E-state index in [0.717, 1.165) is 36.0 Å². The van der Waals surface area contributed by atoms with E-state index >= 15 is 0 Å². The molecule has 4 bridgehead atoms. The SMILES string of the molecule is Cc1cccc(C)c1-c1cc2cc(n1)NS(=O)(=O)c1cccc(n1)C(=O)N(C1CC3(CC3)C1)[C@H](CC(C)C)CO2. The monoisotopic (exact) mass is 560 g/mol. The summed E-state index contributed by atoms with van der Waals surface area (Å²) < 4.78 is 35.9. The molecule has 2 aromatic heterocycles. The van der Waals surface area contributed by atoms with Gasteiger partial charge in [-0.1, -0.05) is 38.1 Å². The van der Waals surface area contributed by atoms with Crippen LogP contribution in [0.2, 0.25) is 0 Å². The zero-order valence-electron chi connectivity index (χ0n) is 23.5. The number of amides is 1. The molecule has 0 saturated heterocycles. The maximum Gasteiger partial charge on any atom is 0.280 e. The lowest BCUT2D eigenvalue weighted by Crippen LogP contribution is -2.55. The third-order valence-corrected chi connectivity index (χ3v) is 9.75. The number of nitrogens with one attached hydrogen (secondary N) is 1. The van der Waals surface area contributed by atoms with E-state index in [1.54, 1.807) is 18.2 Å². The maximum atomic E-state index is 14.1. The van der Waals surface area contributed by atoms with Gasteiger partial charge in [-0.2, -0.15) is 8.42 Å². The lowest BCUT2D eigenvalue weighted by atomic mass is 9.75. The second kappa shape index (κ2) is 9.87. The van der Waals surface area contributed by atoms with Crippen LogP contribution in [-0.2, 0) is 10.0 Å². The predicted octanol–water partition coefficient (Wildman–Crippen LogP) is 5.75. The number of aryl methyl sites for hydroxylation is 2. The first-order valence-electron chi connectivity index (χ1n) is 14.1. The number of rotatable bonds is 4. The number of anilines is 1. The normalized spacial score (nSPS) is 21.5. The lowest BCUT2D eigenvalue weighted by Gasteiger charge is -2.47. The Balaban J connectivity index is 1.48. The summed E-state index contributed by atoms with van der Waals surface area (Å²) in [5.41, 5.74) is 4.11. The van der Waals surface area contributed by atoms with E-state index < -0.39 is 10.0 Å². The molecule has 1 aliphatic heterocycles. The number of pyridine rings is 2. The molecule has 210 valence electrons. The minimum Gasteiger partial charge on any atom is -0.491 e. The van der Waals surface area contributed by atoms with Crippen molar-refractivity contribution >= 4 is 21.7 Å². The minimum atomic E-state index is -4.12. The largest absolute Gasteiger partial charge is 0.491 e. The van der Waals surface area contributed by atoms with Gasteiger partial charge >= 0.3 is 0 Å². The smallest absolute Gasteiger partial charge is 0.280 e. The summed E-state index contributed by atoms with van der Waals surface area (Å²) in [7, 11) is -4.12. The highest BCUT2D eigenvalue weighted by Crippen LogP contribution is 2.62. The molecule has 1 atom stereocenters. The molecular formula is C31H36N4O4S. The van der Waals surface area contributed by atoms with Crippen LogP contribution in [0.15, 0.2) is 53.6 Å². The number of nitrogens with zero attached hydrogens (tertiary/aromatic N) is 3. The van der Waals surface area contributed by atoms with Gasteiger partial charge in [0, 0.05) is 23.7 Å². The molecule has 1 amide bonds. The molecule has 2 aliphatic carbocycles. The van der Waals surface area contributed by atoms with Crippen LogP contribution in [0.25, 0.3) is 11.3 Å². The van der Waals surface area contributed by atoms with E-state index in [1.807, 2.05) is 43.0 Å². The molecule has 40 heavy (non-hydrogen) atoms. The van der Waals surface area contributed by atoms with E-state index in [0.29, 0.717) is 22.8 Å². The first-order chi connectivity index (χ1) is 19.0. The highest BCUT2D eigenvalue weighted by atomic mass is 32.2. The lowest BCUT2D eigenvalue weighted by molar-refractivity contribution is 0.00911. The topological polar surface area (TPSA) is 101 Å². The van der Waals surface area contributed by atoms with E-state index in [2.05, 4.69) is 28.5 Å². The van der Waals surface area contributed by atoms with Crippen molar-refractivity contribution in [3.05, 3.63) is 65.4 Å². The van der Waals surface area contributed by atoms with Crippen LogP contribution >= 0.6 is 0 Å². The van der Waals surface area contributed by atoms with Crippen molar-refractivity contribution in [3.8, 4) is 17.0 Å². The number of fused-ring (bicyclic) bond motifs is 4. The van der Waals surface area contributed by atoms with Gasteiger partial charge in [0.25, 0.3) is 15.9 Å². The van der Waals surface area contributed by atoms with Crippen molar-refractivity contribution in [3.63, 3.8) is 0 Å². The second-order valence-electron chi connectivity index (χ2n) is 12.2. The Bertz CT molecular complexity index is 1550. The molecule has 2 saturated carbocycles. The Morgan fingerprint density at radius 2 is 1.73 bits per heavy atom. The average Bonchev–Trinajstić information content (AvgIpc) is 3.67. The second-order valence-corrected chi connectivity index (χ2v) is 13.8. The maximum absolute atomic E-state index is 14.1. The summed E-state index contributed by atoms with van der Waals surface area (Å²) in [6.45, 7) is 8.59. The predicted molar refractivity (Wildman–Crippen MR) is 154 cm³/mol. The fraction of sp³-hybridized carbons (Fsp3) is 0.452. The van der Waals surface area contributed by atoms with Crippen molar-refractivity contribution in [2.45, 2.75) is 76.9 Å². The van der Waals surface area contributed by atoms with Crippen LogP contribution in [0.3, 0.4) is 0 Å². The number of hydrogen-bond donors (Lipinski definition) is 1. The first-order valence-corrected chi connectivity index (χ1v) is 15.6. The Hall–Kier alpha value is -3.46. The van der Waals surface area contributed by atoms with Gasteiger partial charge in [-0.15, -0.1) is 0 Å². The Morgan fingerprint density at radius 3 is 2.40 bits per heavy atom. The van der Waals surface area contributed by atoms with Crippen molar-refractivity contribution in [1.29, 1.82) is 0 Å². The molecule has 6 rings (SSSR count). The third-order valence-electron chi connectivity index (χ3n) is 8.49. The standard InChI is InChI=1S/C31H36N4O4S/c1-19(2)13-22-18-39-24-14-26(29-20(3)7-5-8-21(29)4)32-27(15-24)34-40(37,38)28-10-6-9-25(33-28)30(36)35(22)23-16-31(17-23)11-12-31/h5-10,14-15,19,22-23H,11-13,16-18H2,1-4H3,(H,32,34)/t22-/m1/s1. The summed E-state index contributed by atoms with van der Waals surface area (Å²) in [6.07, 6.45) is 5.14. The molecule has 3 aliphatic rings. The van der Waals surface area contributed by atoms with Crippen molar-refractivity contribution in [1.82, 2.24) is 14.9 Å². The zero-order chi connectivity index (χ0) is 28.2. The molecule has 1 N–H and O–H groups in total. The average molecular weight is 561 g/mol. The first kappa shape index (κ1) is 26.7. The Morgan fingerprint density at radius 1 is 1.02 bits per heavy atom. The highest BCUT2D eigenvalue weighted by Gasteiger charge is 2.56. The van der Waals surface area contributed by atoms with E-state index in [1.165, 1.54) is 18.9 Å². The number of ether oxygens (including phenoxy) is 1. The van der Waals surface area contributed by atoms with E-state index in [9.17, 15) is 13.2 Å². The molecule has 3 heterocycles. The van der Waals surface area contributed by atoms with Gasteiger partial charge in [-0.3, -0.25) is 9.52 Å². The van der Waals surface area contributed by atoms with Crippen molar-refractivity contribution < 1.29 is 17.9 Å². The summed E-state index contributed by atoms with van der Waals surface area (Å²) in [5.74, 6) is 0.721. The van der Waals surface area contributed by atoms with E-state index in [-0.39, 0.29) is 41.1 Å². The van der Waals surface area contributed by atoms with Crippen LogP contribution in [-0.4, -0.2) is 47.9 Å². The zero-order valence-corrected chi connectivity index (χ0v) is 24.3. The third kappa shape index (κ3) is 5.07. The van der Waals surface area contributed by atoms with Crippen LogP contribution in [0.1, 0.15) is 67.6 Å². The van der Waals surface area contributed by atoms with Gasteiger partial charge in [0.2, 0.25) is 0 Å². The summed E-state index contributed by atoms with van der Waals surface area (Å²) >= 11 is 0. The van der Waals surface area contributed by atoms with Gasteiger partial charge < -0.3 is 9.64 Å². The van der Waals surface area contributed by atoms with Gasteiger partial charge in [0.1, 0.15) is 23.9 Å². The van der Waals surface area contributed by atoms with Gasteiger partial charge in [-0.05, 0) is 80.5 Å². The van der Waals surface area contributed by atoms with Gasteiger partial charge in [0.05, 0.1) is 11.7 Å². The molecule has 0 radical (unpaired) electrons. The molecule has 1 aromatic carbocycles. The minimum absolute atomic E-state index is 0.0887. The summed E-state index contributed by atoms with van der Waals surface area (Å²) in [5, 5.41) is -0.216. The molecule has 1 spiro atoms. The van der Waals surface area contributed by atoms with Crippen molar-refractivity contribution in [2.24, 2.45) is 11.3 Å². The molecule has 9 heteroatoms. The van der Waals surface area contributed by atoms with Crippen LogP contribution in [0.5, 0.6) is 5.75 Å². The number of aromatic nitrogens is 2. The molecule has 0 unspecified atom stereocenters. The fourth-order valence-corrected chi connectivity index (χ4v) is 7.30. The quantitative estimate of drug-likeness (QED) is 0.436. The van der Waals surface area contributed by atoms with Gasteiger partial charge in [0.15, 0.2) is 5.03 Å². The Labute approximate surface area is 236 Å². The summed E-state index contributed by atoms with van der Waals surface area (Å²) in [6, 6.07) is 13.9.